The molecule has 2 amide bonds. The molecule has 2 aliphatic heterocycles. The zero-order valence-electron chi connectivity index (χ0n) is 17.9. The third kappa shape index (κ3) is 5.20. The summed E-state index contributed by atoms with van der Waals surface area (Å²) in [6.07, 6.45) is 2.62. The SMILES string of the molecule is CC(C)C(C)NC(=O)C1CCN(C(=O)c2cc(S(=O)(=O)N3CCSCC3)c[nH]2)CC1. The monoisotopic (exact) mass is 456 g/mol. The topological polar surface area (TPSA) is 103 Å². The molecule has 10 heteroatoms. The normalized spacial score (nSPS) is 20.3. The lowest BCUT2D eigenvalue weighted by Gasteiger charge is -2.32. The van der Waals surface area contributed by atoms with Crippen LogP contribution in [0.4, 0.5) is 0 Å². The Kier molecular flexibility index (Phi) is 7.52. The predicted octanol–water partition coefficient (Wildman–Crippen LogP) is 1.77. The van der Waals surface area contributed by atoms with E-state index < -0.39 is 10.0 Å². The number of piperidine rings is 1. The van der Waals surface area contributed by atoms with E-state index in [0.29, 0.717) is 44.9 Å². The van der Waals surface area contributed by atoms with Gasteiger partial charge in [-0.2, -0.15) is 16.1 Å². The van der Waals surface area contributed by atoms with Crippen LogP contribution in [0.3, 0.4) is 0 Å². The van der Waals surface area contributed by atoms with E-state index in [0.717, 1.165) is 11.5 Å². The first-order valence-electron chi connectivity index (χ1n) is 10.6. The van der Waals surface area contributed by atoms with Gasteiger partial charge in [0.1, 0.15) is 10.6 Å². The average Bonchev–Trinajstić information content (AvgIpc) is 3.25. The van der Waals surface area contributed by atoms with Crippen LogP contribution in [0.2, 0.25) is 0 Å². The molecule has 168 valence electrons. The number of hydrogen-bond acceptors (Lipinski definition) is 5. The molecule has 2 N–H and O–H groups in total. The number of hydrogen-bond donors (Lipinski definition) is 2. The number of likely N-dealkylation sites (tertiary alicyclic amines) is 1. The minimum absolute atomic E-state index is 0.0521. The van der Waals surface area contributed by atoms with Crippen molar-refractivity contribution in [3.63, 3.8) is 0 Å². The zero-order chi connectivity index (χ0) is 21.9. The molecule has 1 unspecified atom stereocenters. The average molecular weight is 457 g/mol. The number of sulfonamides is 1. The minimum Gasteiger partial charge on any atom is -0.356 e. The summed E-state index contributed by atoms with van der Waals surface area (Å²) < 4.78 is 27.0. The van der Waals surface area contributed by atoms with Crippen molar-refractivity contribution in [2.45, 2.75) is 44.6 Å². The van der Waals surface area contributed by atoms with Gasteiger partial charge in [-0.05, 0) is 31.7 Å². The second-order valence-corrected chi connectivity index (χ2v) is 11.5. The molecule has 2 fully saturated rings. The van der Waals surface area contributed by atoms with Crippen LogP contribution in [0, 0.1) is 11.8 Å². The maximum absolute atomic E-state index is 12.8. The largest absolute Gasteiger partial charge is 0.356 e. The van der Waals surface area contributed by atoms with Crippen LogP contribution < -0.4 is 5.32 Å². The summed E-state index contributed by atoms with van der Waals surface area (Å²) in [5.41, 5.74) is 0.274. The van der Waals surface area contributed by atoms with Crippen molar-refractivity contribution < 1.29 is 18.0 Å². The Morgan fingerprint density at radius 2 is 1.77 bits per heavy atom. The van der Waals surface area contributed by atoms with Gasteiger partial charge in [0, 0.05) is 55.8 Å². The molecule has 3 rings (SSSR count). The molecule has 0 bridgehead atoms. The van der Waals surface area contributed by atoms with Crippen molar-refractivity contribution in [1.29, 1.82) is 0 Å². The van der Waals surface area contributed by atoms with Crippen molar-refractivity contribution >= 4 is 33.6 Å². The van der Waals surface area contributed by atoms with Crippen LogP contribution in [-0.2, 0) is 14.8 Å². The number of amides is 2. The summed E-state index contributed by atoms with van der Waals surface area (Å²) in [6, 6.07) is 1.55. The minimum atomic E-state index is -3.58. The highest BCUT2D eigenvalue weighted by Crippen LogP contribution is 2.23. The number of aromatic amines is 1. The molecule has 0 spiro atoms. The van der Waals surface area contributed by atoms with Gasteiger partial charge in [-0.15, -0.1) is 0 Å². The fourth-order valence-electron chi connectivity index (χ4n) is 3.61. The molecule has 0 aliphatic carbocycles. The van der Waals surface area contributed by atoms with E-state index in [4.69, 9.17) is 0 Å². The van der Waals surface area contributed by atoms with Gasteiger partial charge in [0.2, 0.25) is 15.9 Å². The van der Waals surface area contributed by atoms with Gasteiger partial charge < -0.3 is 15.2 Å². The molecule has 8 nitrogen and oxygen atoms in total. The standard InChI is InChI=1S/C20H32N4O4S2/c1-14(2)15(3)22-19(25)16-4-6-23(7-5-16)20(26)18-12-17(13-21-18)30(27,28)24-8-10-29-11-9-24/h12-16,21H,4-11H2,1-3H3,(H,22,25). The third-order valence-corrected chi connectivity index (χ3v) is 8.84. The lowest BCUT2D eigenvalue weighted by Crippen LogP contribution is -2.45. The Morgan fingerprint density at radius 1 is 1.13 bits per heavy atom. The van der Waals surface area contributed by atoms with Gasteiger partial charge in [0.05, 0.1) is 0 Å². The third-order valence-electron chi connectivity index (χ3n) is 6.02. The maximum Gasteiger partial charge on any atom is 0.270 e. The van der Waals surface area contributed by atoms with Crippen molar-refractivity contribution in [3.8, 4) is 0 Å². The Balaban J connectivity index is 1.58. The van der Waals surface area contributed by atoms with Gasteiger partial charge in [0.25, 0.3) is 5.91 Å². The smallest absolute Gasteiger partial charge is 0.270 e. The lowest BCUT2D eigenvalue weighted by atomic mass is 9.94. The molecule has 30 heavy (non-hydrogen) atoms. The first kappa shape index (κ1) is 23.1. The Bertz CT molecular complexity index is 854. The molecular formula is C20H32N4O4S2. The highest BCUT2D eigenvalue weighted by Gasteiger charge is 2.31. The summed E-state index contributed by atoms with van der Waals surface area (Å²) in [4.78, 5) is 29.9. The molecule has 0 radical (unpaired) electrons. The zero-order valence-corrected chi connectivity index (χ0v) is 19.5. The highest BCUT2D eigenvalue weighted by molar-refractivity contribution is 7.99. The second kappa shape index (κ2) is 9.74. The maximum atomic E-state index is 12.8. The first-order chi connectivity index (χ1) is 14.2. The van der Waals surface area contributed by atoms with Crippen molar-refractivity contribution in [3.05, 3.63) is 18.0 Å². The summed E-state index contributed by atoms with van der Waals surface area (Å²) in [6.45, 7) is 8.09. The highest BCUT2D eigenvalue weighted by atomic mass is 32.2. The van der Waals surface area contributed by atoms with Gasteiger partial charge in [-0.25, -0.2) is 8.42 Å². The molecule has 2 aliphatic rings. The van der Waals surface area contributed by atoms with Crippen LogP contribution in [0.5, 0.6) is 0 Å². The van der Waals surface area contributed by atoms with Crippen LogP contribution >= 0.6 is 11.8 Å². The molecule has 1 aromatic rings. The van der Waals surface area contributed by atoms with E-state index in [1.165, 1.54) is 16.6 Å². The first-order valence-corrected chi connectivity index (χ1v) is 13.2. The lowest BCUT2D eigenvalue weighted by molar-refractivity contribution is -0.127. The summed E-state index contributed by atoms with van der Waals surface area (Å²) in [5, 5.41) is 3.05. The fraction of sp³-hybridized carbons (Fsp3) is 0.700. The quantitative estimate of drug-likeness (QED) is 0.679. The van der Waals surface area contributed by atoms with Gasteiger partial charge in [-0.3, -0.25) is 9.59 Å². The number of aromatic nitrogens is 1. The number of nitrogens with zero attached hydrogens (tertiary/aromatic N) is 2. The van der Waals surface area contributed by atoms with Crippen LogP contribution in [0.15, 0.2) is 17.2 Å². The fourth-order valence-corrected chi connectivity index (χ4v) is 6.18. The predicted molar refractivity (Wildman–Crippen MR) is 118 cm³/mol. The summed E-state index contributed by atoms with van der Waals surface area (Å²) >= 11 is 1.74. The van der Waals surface area contributed by atoms with E-state index in [1.54, 1.807) is 16.7 Å². The van der Waals surface area contributed by atoms with Gasteiger partial charge in [0.15, 0.2) is 0 Å². The molecule has 1 aromatic heterocycles. The summed E-state index contributed by atoms with van der Waals surface area (Å²) in [5.74, 6) is 1.68. The van der Waals surface area contributed by atoms with E-state index in [2.05, 4.69) is 24.1 Å². The van der Waals surface area contributed by atoms with E-state index >= 15 is 0 Å². The molecule has 0 aromatic carbocycles. The molecular weight excluding hydrogens is 424 g/mol. The molecule has 2 saturated heterocycles. The summed E-state index contributed by atoms with van der Waals surface area (Å²) in [7, 11) is -3.58. The number of carbonyl (C=O) groups excluding carboxylic acids is 2. The number of thioether (sulfide) groups is 1. The second-order valence-electron chi connectivity index (χ2n) is 8.37. The van der Waals surface area contributed by atoms with Crippen LogP contribution in [0.1, 0.15) is 44.1 Å². The van der Waals surface area contributed by atoms with E-state index in [1.807, 2.05) is 6.92 Å². The Hall–Kier alpha value is -1.52. The van der Waals surface area contributed by atoms with E-state index in [9.17, 15) is 18.0 Å². The van der Waals surface area contributed by atoms with Crippen molar-refractivity contribution in [1.82, 2.24) is 19.5 Å². The number of H-pyrrole nitrogens is 1. The van der Waals surface area contributed by atoms with Crippen LogP contribution in [0.25, 0.3) is 0 Å². The number of nitrogens with one attached hydrogen (secondary N) is 2. The molecule has 1 atom stereocenters. The van der Waals surface area contributed by atoms with Gasteiger partial charge in [-0.1, -0.05) is 13.8 Å². The number of rotatable bonds is 6. The molecule has 3 heterocycles. The van der Waals surface area contributed by atoms with Crippen LogP contribution in [-0.4, -0.2) is 78.1 Å². The van der Waals surface area contributed by atoms with Gasteiger partial charge >= 0.3 is 0 Å². The Morgan fingerprint density at radius 3 is 2.37 bits per heavy atom. The van der Waals surface area contributed by atoms with Crippen molar-refractivity contribution in [2.75, 3.05) is 37.7 Å². The van der Waals surface area contributed by atoms with E-state index in [-0.39, 0.29) is 34.4 Å². The Labute approximate surface area is 183 Å². The molecule has 0 saturated carbocycles. The number of carbonyl (C=O) groups is 2. The van der Waals surface area contributed by atoms with Crippen molar-refractivity contribution in [2.24, 2.45) is 11.8 Å².